The fourth-order valence-electron chi connectivity index (χ4n) is 1.85. The van der Waals surface area contributed by atoms with Crippen LogP contribution >= 0.6 is 0 Å². The SMILES string of the molecule is CCN(CCN(C)C)C(=O)N[C@H](C)c1ccc(O)cc1. The summed E-state index contributed by atoms with van der Waals surface area (Å²) in [6.07, 6.45) is 0. The quantitative estimate of drug-likeness (QED) is 0.838. The van der Waals surface area contributed by atoms with E-state index in [-0.39, 0.29) is 17.8 Å². The molecule has 1 aromatic carbocycles. The molecular weight excluding hydrogens is 254 g/mol. The number of nitrogens with one attached hydrogen (secondary N) is 1. The minimum absolute atomic E-state index is 0.0603. The number of likely N-dealkylation sites (N-methyl/N-ethyl adjacent to an activating group) is 2. The van der Waals surface area contributed by atoms with Gasteiger partial charge in [-0.25, -0.2) is 4.79 Å². The third kappa shape index (κ3) is 5.09. The van der Waals surface area contributed by atoms with Crippen LogP contribution in [-0.2, 0) is 0 Å². The second kappa shape index (κ2) is 7.75. The molecule has 0 unspecified atom stereocenters. The minimum Gasteiger partial charge on any atom is -0.508 e. The van der Waals surface area contributed by atoms with Crippen LogP contribution < -0.4 is 5.32 Å². The number of phenols is 1. The number of hydrogen-bond donors (Lipinski definition) is 2. The van der Waals surface area contributed by atoms with Crippen molar-refractivity contribution >= 4 is 6.03 Å². The molecule has 1 aromatic rings. The van der Waals surface area contributed by atoms with E-state index in [9.17, 15) is 9.90 Å². The van der Waals surface area contributed by atoms with Crippen LogP contribution in [0.2, 0.25) is 0 Å². The molecule has 0 saturated heterocycles. The zero-order valence-corrected chi connectivity index (χ0v) is 12.8. The van der Waals surface area contributed by atoms with Gasteiger partial charge in [-0.2, -0.15) is 0 Å². The number of carbonyl (C=O) groups excluding carboxylic acids is 1. The zero-order valence-electron chi connectivity index (χ0n) is 12.8. The van der Waals surface area contributed by atoms with Crippen molar-refractivity contribution in [2.75, 3.05) is 33.7 Å². The van der Waals surface area contributed by atoms with E-state index in [2.05, 4.69) is 10.2 Å². The topological polar surface area (TPSA) is 55.8 Å². The largest absolute Gasteiger partial charge is 0.508 e. The summed E-state index contributed by atoms with van der Waals surface area (Å²) in [4.78, 5) is 16.0. The minimum atomic E-state index is -0.0866. The van der Waals surface area contributed by atoms with E-state index in [1.165, 1.54) is 0 Å². The first kappa shape index (κ1) is 16.3. The van der Waals surface area contributed by atoms with Gasteiger partial charge in [-0.3, -0.25) is 0 Å². The molecule has 112 valence electrons. The van der Waals surface area contributed by atoms with Crippen molar-refractivity contribution in [3.05, 3.63) is 29.8 Å². The number of phenolic OH excluding ortho intramolecular Hbond substituents is 1. The van der Waals surface area contributed by atoms with Gasteiger partial charge < -0.3 is 20.2 Å². The zero-order chi connectivity index (χ0) is 15.1. The van der Waals surface area contributed by atoms with E-state index in [1.54, 1.807) is 17.0 Å². The molecule has 1 atom stereocenters. The lowest BCUT2D eigenvalue weighted by atomic mass is 10.1. The van der Waals surface area contributed by atoms with Gasteiger partial charge in [0.05, 0.1) is 6.04 Å². The number of urea groups is 1. The summed E-state index contributed by atoms with van der Waals surface area (Å²) < 4.78 is 0. The second-order valence-corrected chi connectivity index (χ2v) is 5.15. The molecule has 0 aliphatic rings. The van der Waals surface area contributed by atoms with E-state index in [0.29, 0.717) is 13.1 Å². The first-order chi connectivity index (χ1) is 9.43. The fraction of sp³-hybridized carbons (Fsp3) is 0.533. The van der Waals surface area contributed by atoms with Crippen LogP contribution in [0, 0.1) is 0 Å². The molecule has 1 rings (SSSR count). The maximum Gasteiger partial charge on any atom is 0.317 e. The lowest BCUT2D eigenvalue weighted by molar-refractivity contribution is 0.191. The number of benzene rings is 1. The lowest BCUT2D eigenvalue weighted by Crippen LogP contribution is -2.43. The number of aromatic hydroxyl groups is 1. The van der Waals surface area contributed by atoms with Crippen molar-refractivity contribution in [3.63, 3.8) is 0 Å². The Hall–Kier alpha value is -1.75. The molecule has 0 saturated carbocycles. The first-order valence-corrected chi connectivity index (χ1v) is 6.93. The maximum atomic E-state index is 12.2. The average Bonchev–Trinajstić information content (AvgIpc) is 2.39. The van der Waals surface area contributed by atoms with Crippen molar-refractivity contribution in [3.8, 4) is 5.75 Å². The summed E-state index contributed by atoms with van der Waals surface area (Å²) >= 11 is 0. The van der Waals surface area contributed by atoms with Crippen molar-refractivity contribution in [2.24, 2.45) is 0 Å². The van der Waals surface area contributed by atoms with E-state index in [0.717, 1.165) is 12.1 Å². The molecule has 5 nitrogen and oxygen atoms in total. The van der Waals surface area contributed by atoms with Crippen LogP contribution in [-0.4, -0.2) is 54.7 Å². The Morgan fingerprint density at radius 2 is 1.85 bits per heavy atom. The van der Waals surface area contributed by atoms with Crippen molar-refractivity contribution < 1.29 is 9.90 Å². The normalized spacial score (nSPS) is 12.2. The Labute approximate surface area is 121 Å². The highest BCUT2D eigenvalue weighted by Crippen LogP contribution is 2.16. The predicted octanol–water partition coefficient (Wildman–Crippen LogP) is 2.05. The number of amides is 2. The van der Waals surface area contributed by atoms with Gasteiger partial charge >= 0.3 is 6.03 Å². The van der Waals surface area contributed by atoms with Gasteiger partial charge in [-0.15, -0.1) is 0 Å². The molecule has 5 heteroatoms. The van der Waals surface area contributed by atoms with E-state index in [1.807, 2.05) is 40.1 Å². The number of rotatable bonds is 6. The molecule has 20 heavy (non-hydrogen) atoms. The molecule has 0 bridgehead atoms. The van der Waals surface area contributed by atoms with Gasteiger partial charge in [0.2, 0.25) is 0 Å². The summed E-state index contributed by atoms with van der Waals surface area (Å²) in [5.74, 6) is 0.230. The molecular formula is C15H25N3O2. The Bertz CT molecular complexity index is 418. The number of carbonyl (C=O) groups is 1. The second-order valence-electron chi connectivity index (χ2n) is 5.15. The monoisotopic (exact) mass is 279 g/mol. The fourth-order valence-corrected chi connectivity index (χ4v) is 1.85. The number of nitrogens with zero attached hydrogens (tertiary/aromatic N) is 2. The summed E-state index contributed by atoms with van der Waals surface area (Å²) in [6, 6.07) is 6.74. The Morgan fingerprint density at radius 1 is 1.25 bits per heavy atom. The maximum absolute atomic E-state index is 12.2. The van der Waals surface area contributed by atoms with Crippen molar-refractivity contribution in [2.45, 2.75) is 19.9 Å². The van der Waals surface area contributed by atoms with Gasteiger partial charge in [0, 0.05) is 19.6 Å². The van der Waals surface area contributed by atoms with E-state index < -0.39 is 0 Å². The van der Waals surface area contributed by atoms with Crippen LogP contribution in [0.1, 0.15) is 25.5 Å². The molecule has 2 N–H and O–H groups in total. The molecule has 0 radical (unpaired) electrons. The molecule has 0 aliphatic carbocycles. The molecule has 0 spiro atoms. The molecule has 2 amide bonds. The summed E-state index contributed by atoms with van der Waals surface area (Å²) in [5, 5.41) is 12.2. The van der Waals surface area contributed by atoms with Gasteiger partial charge in [0.15, 0.2) is 0 Å². The molecule has 0 heterocycles. The summed E-state index contributed by atoms with van der Waals surface area (Å²) in [7, 11) is 3.98. The van der Waals surface area contributed by atoms with Crippen LogP contribution in [0.4, 0.5) is 4.79 Å². The summed E-state index contributed by atoms with van der Waals surface area (Å²) in [5.41, 5.74) is 0.972. The van der Waals surface area contributed by atoms with Crippen LogP contribution in [0.5, 0.6) is 5.75 Å². The highest BCUT2D eigenvalue weighted by atomic mass is 16.3. The smallest absolute Gasteiger partial charge is 0.317 e. The van der Waals surface area contributed by atoms with Gasteiger partial charge in [-0.05, 0) is 45.6 Å². The predicted molar refractivity (Wildman–Crippen MR) is 80.9 cm³/mol. The van der Waals surface area contributed by atoms with Crippen molar-refractivity contribution in [1.82, 2.24) is 15.1 Å². The molecule has 0 aliphatic heterocycles. The standard InChI is InChI=1S/C15H25N3O2/c1-5-18(11-10-17(3)4)15(20)16-12(2)13-6-8-14(19)9-7-13/h6-9,12,19H,5,10-11H2,1-4H3,(H,16,20)/t12-/m1/s1. The first-order valence-electron chi connectivity index (χ1n) is 6.93. The van der Waals surface area contributed by atoms with E-state index >= 15 is 0 Å². The Balaban J connectivity index is 2.56. The third-order valence-electron chi connectivity index (χ3n) is 3.22. The third-order valence-corrected chi connectivity index (χ3v) is 3.22. The Morgan fingerprint density at radius 3 is 2.35 bits per heavy atom. The lowest BCUT2D eigenvalue weighted by Gasteiger charge is -2.25. The van der Waals surface area contributed by atoms with Gasteiger partial charge in [0.1, 0.15) is 5.75 Å². The van der Waals surface area contributed by atoms with Crippen LogP contribution in [0.25, 0.3) is 0 Å². The highest BCUT2D eigenvalue weighted by molar-refractivity contribution is 5.74. The van der Waals surface area contributed by atoms with Crippen LogP contribution in [0.15, 0.2) is 24.3 Å². The summed E-state index contributed by atoms with van der Waals surface area (Å²) in [6.45, 7) is 6.14. The van der Waals surface area contributed by atoms with Gasteiger partial charge in [0.25, 0.3) is 0 Å². The van der Waals surface area contributed by atoms with Crippen molar-refractivity contribution in [1.29, 1.82) is 0 Å². The highest BCUT2D eigenvalue weighted by Gasteiger charge is 2.15. The molecule has 0 aromatic heterocycles. The average molecular weight is 279 g/mol. The van der Waals surface area contributed by atoms with E-state index in [4.69, 9.17) is 0 Å². The number of hydrogen-bond acceptors (Lipinski definition) is 3. The van der Waals surface area contributed by atoms with Crippen LogP contribution in [0.3, 0.4) is 0 Å². The van der Waals surface area contributed by atoms with Gasteiger partial charge in [-0.1, -0.05) is 12.1 Å². The molecule has 0 fully saturated rings. The Kier molecular flexibility index (Phi) is 6.31.